The van der Waals surface area contributed by atoms with Gasteiger partial charge in [-0.1, -0.05) is 104 Å². The molecule has 0 unspecified atom stereocenters. The van der Waals surface area contributed by atoms with Gasteiger partial charge in [-0.15, -0.1) is 0 Å². The summed E-state index contributed by atoms with van der Waals surface area (Å²) in [5.74, 6) is 1.89. The van der Waals surface area contributed by atoms with Gasteiger partial charge in [0.05, 0.1) is 22.1 Å². The van der Waals surface area contributed by atoms with Gasteiger partial charge in [0, 0.05) is 75.0 Å². The number of aryl methyl sites for hydroxylation is 1. The molecule has 1 aliphatic rings. The average Bonchev–Trinajstić information content (AvgIpc) is 3.88. The van der Waals surface area contributed by atoms with E-state index in [1.165, 1.54) is 38.1 Å². The molecule has 3 heterocycles. The Balaban J connectivity index is 1.06. The Morgan fingerprint density at radius 2 is 1.48 bits per heavy atom. The van der Waals surface area contributed by atoms with Crippen LogP contribution in [-0.2, 0) is 13.0 Å². The van der Waals surface area contributed by atoms with Crippen molar-refractivity contribution >= 4 is 72.1 Å². The van der Waals surface area contributed by atoms with Gasteiger partial charge in [0.1, 0.15) is 17.2 Å². The number of amidine groups is 1. The van der Waals surface area contributed by atoms with Crippen molar-refractivity contribution in [1.29, 1.82) is 0 Å². The van der Waals surface area contributed by atoms with Gasteiger partial charge in [0.25, 0.3) is 0 Å². The first-order chi connectivity index (χ1) is 26.6. The summed E-state index contributed by atoms with van der Waals surface area (Å²) in [5.41, 5.74) is 13.0. The van der Waals surface area contributed by atoms with Crippen LogP contribution in [0.25, 0.3) is 77.6 Å². The predicted molar refractivity (Wildman–Crippen MR) is 227 cm³/mol. The number of benzene rings is 6. The van der Waals surface area contributed by atoms with Crippen LogP contribution in [0, 0.1) is 0 Å². The Morgan fingerprint density at radius 1 is 0.741 bits per heavy atom. The lowest BCUT2D eigenvalue weighted by molar-refractivity contribution is 0.546. The molecule has 6 aromatic carbocycles. The molecule has 5 nitrogen and oxygen atoms in total. The van der Waals surface area contributed by atoms with E-state index in [0.29, 0.717) is 6.54 Å². The summed E-state index contributed by atoms with van der Waals surface area (Å²) in [6.07, 6.45) is 8.21. The summed E-state index contributed by atoms with van der Waals surface area (Å²) in [6.45, 7) is 9.09. The number of furan rings is 1. The number of aliphatic imine (C=N–C) groups is 1. The van der Waals surface area contributed by atoms with Crippen LogP contribution in [0.15, 0.2) is 162 Å². The molecule has 10 rings (SSSR count). The van der Waals surface area contributed by atoms with Gasteiger partial charge < -0.3 is 18.9 Å². The molecule has 0 saturated heterocycles. The number of nitrogens with zero attached hydrogens (tertiary/aromatic N) is 3. The Morgan fingerprint density at radius 3 is 2.28 bits per heavy atom. The number of para-hydroxylation sites is 3. The maximum atomic E-state index is 6.27. The lowest BCUT2D eigenvalue weighted by Crippen LogP contribution is -2.24. The Hall–Kier alpha value is -6.85. The lowest BCUT2D eigenvalue weighted by atomic mass is 10.0. The van der Waals surface area contributed by atoms with E-state index in [1.807, 2.05) is 13.1 Å². The molecule has 5 heteroatoms. The summed E-state index contributed by atoms with van der Waals surface area (Å²) in [6, 6.07) is 45.8. The second kappa shape index (κ2) is 12.7. The normalized spacial score (nSPS) is 13.0. The summed E-state index contributed by atoms with van der Waals surface area (Å²) in [5, 5.41) is 9.62. The molecule has 0 amide bonds. The largest absolute Gasteiger partial charge is 0.460 e. The molecular weight excluding hydrogens is 661 g/mol. The third kappa shape index (κ3) is 4.96. The van der Waals surface area contributed by atoms with Crippen molar-refractivity contribution < 1.29 is 4.42 Å². The molecule has 3 aromatic heterocycles. The number of rotatable bonds is 7. The molecule has 0 radical (unpaired) electrons. The highest BCUT2D eigenvalue weighted by molar-refractivity contribution is 6.14. The van der Waals surface area contributed by atoms with Crippen molar-refractivity contribution in [2.45, 2.75) is 19.4 Å². The molecule has 0 spiro atoms. The van der Waals surface area contributed by atoms with Gasteiger partial charge in [0.2, 0.25) is 0 Å². The Kier molecular flexibility index (Phi) is 7.48. The van der Waals surface area contributed by atoms with Crippen LogP contribution < -0.4 is 5.32 Å². The summed E-state index contributed by atoms with van der Waals surface area (Å²) >= 11 is 0. The zero-order chi connectivity index (χ0) is 36.3. The smallest absolute Gasteiger partial charge is 0.135 e. The van der Waals surface area contributed by atoms with Crippen molar-refractivity contribution in [3.8, 4) is 11.4 Å². The number of allylic oxidation sites excluding steroid dienone is 3. The fourth-order valence-corrected chi connectivity index (χ4v) is 8.43. The number of fused-ring (bicyclic) bond motifs is 9. The molecule has 260 valence electrons. The van der Waals surface area contributed by atoms with Crippen molar-refractivity contribution in [2.24, 2.45) is 4.99 Å². The van der Waals surface area contributed by atoms with Crippen molar-refractivity contribution in [1.82, 2.24) is 14.5 Å². The van der Waals surface area contributed by atoms with Crippen LogP contribution in [0.5, 0.6) is 0 Å². The minimum absolute atomic E-state index is 0.608. The zero-order valence-electron chi connectivity index (χ0n) is 30.1. The standard InChI is InChI=1S/C49H38N4O/c1-4-31(2)36-18-12-19-41-42-29-35(52-43-20-8-5-15-37(43)38-16-6-9-21-44(38)52)24-26-45(42)53(48(36)41)34-14-11-13-32(27-34)30-51-49(50-3)33-23-25-40-39-17-7-10-22-46(39)54-47(40)28-33/h4-9,11-21,23-29H,1-2,10,22,30H2,3H3,(H,50,51). The van der Waals surface area contributed by atoms with E-state index in [-0.39, 0.29) is 0 Å². The summed E-state index contributed by atoms with van der Waals surface area (Å²) in [7, 11) is 1.83. The first kappa shape index (κ1) is 31.9. The second-order valence-electron chi connectivity index (χ2n) is 14.0. The summed E-state index contributed by atoms with van der Waals surface area (Å²) in [4.78, 5) is 4.65. The third-order valence-corrected chi connectivity index (χ3v) is 11.0. The molecular formula is C49H38N4O. The third-order valence-electron chi connectivity index (χ3n) is 11.0. The molecule has 54 heavy (non-hydrogen) atoms. The van der Waals surface area contributed by atoms with Crippen LogP contribution in [0.4, 0.5) is 0 Å². The van der Waals surface area contributed by atoms with Gasteiger partial charge in [0.15, 0.2) is 0 Å². The van der Waals surface area contributed by atoms with Gasteiger partial charge in [-0.2, -0.15) is 0 Å². The van der Waals surface area contributed by atoms with Crippen LogP contribution in [0.2, 0.25) is 0 Å². The Bertz CT molecular complexity index is 3000. The van der Waals surface area contributed by atoms with Gasteiger partial charge >= 0.3 is 0 Å². The van der Waals surface area contributed by atoms with E-state index in [4.69, 9.17) is 4.42 Å². The van der Waals surface area contributed by atoms with E-state index in [9.17, 15) is 0 Å². The maximum absolute atomic E-state index is 6.27. The highest BCUT2D eigenvalue weighted by atomic mass is 16.3. The van der Waals surface area contributed by atoms with E-state index in [1.54, 1.807) is 0 Å². The van der Waals surface area contributed by atoms with Gasteiger partial charge in [-0.05, 0) is 72.2 Å². The molecule has 1 N–H and O–H groups in total. The quantitative estimate of drug-likeness (QED) is 0.102. The van der Waals surface area contributed by atoms with E-state index < -0.39 is 0 Å². The predicted octanol–water partition coefficient (Wildman–Crippen LogP) is 12.0. The van der Waals surface area contributed by atoms with E-state index >= 15 is 0 Å². The fraction of sp³-hybridized carbons (Fsp3) is 0.0816. The number of hydrogen-bond donors (Lipinski definition) is 1. The minimum atomic E-state index is 0.608. The second-order valence-corrected chi connectivity index (χ2v) is 14.0. The average molecular weight is 699 g/mol. The van der Waals surface area contributed by atoms with Crippen molar-refractivity contribution in [3.63, 3.8) is 0 Å². The molecule has 0 fully saturated rings. The molecule has 0 saturated carbocycles. The van der Waals surface area contributed by atoms with Gasteiger partial charge in [-0.25, -0.2) is 0 Å². The van der Waals surface area contributed by atoms with Crippen LogP contribution in [0.1, 0.15) is 34.4 Å². The number of nitrogens with one attached hydrogen (secondary N) is 1. The van der Waals surface area contributed by atoms with E-state index in [0.717, 1.165) is 80.1 Å². The topological polar surface area (TPSA) is 47.4 Å². The highest BCUT2D eigenvalue weighted by Gasteiger charge is 2.20. The molecule has 0 aliphatic heterocycles. The number of aromatic nitrogens is 2. The highest BCUT2D eigenvalue weighted by Crippen LogP contribution is 2.39. The SMILES string of the molecule is C=CC(=C)c1cccc2c3cc(-n4c5ccccc5c5ccccc54)ccc3n(-c3cccc(CNC(=NC)c4ccc5c6c(oc5c4)CCC=C6)c3)c12. The molecule has 1 aliphatic carbocycles. The van der Waals surface area contributed by atoms with Gasteiger partial charge in [-0.3, -0.25) is 4.99 Å². The maximum Gasteiger partial charge on any atom is 0.135 e. The first-order valence-corrected chi connectivity index (χ1v) is 18.5. The lowest BCUT2D eigenvalue weighted by Gasteiger charge is -2.14. The first-order valence-electron chi connectivity index (χ1n) is 18.5. The van der Waals surface area contributed by atoms with Crippen molar-refractivity contribution in [3.05, 3.63) is 181 Å². The fourth-order valence-electron chi connectivity index (χ4n) is 8.43. The Labute approximate surface area is 313 Å². The zero-order valence-corrected chi connectivity index (χ0v) is 30.1. The van der Waals surface area contributed by atoms with Crippen LogP contribution in [0.3, 0.4) is 0 Å². The van der Waals surface area contributed by atoms with Crippen molar-refractivity contribution in [2.75, 3.05) is 7.05 Å². The summed E-state index contributed by atoms with van der Waals surface area (Å²) < 4.78 is 11.0. The van der Waals surface area contributed by atoms with Crippen LogP contribution >= 0.6 is 0 Å². The number of hydrogen-bond acceptors (Lipinski definition) is 2. The van der Waals surface area contributed by atoms with E-state index in [2.05, 4.69) is 172 Å². The molecule has 0 bridgehead atoms. The molecule has 9 aromatic rings. The minimum Gasteiger partial charge on any atom is -0.460 e. The monoisotopic (exact) mass is 698 g/mol. The van der Waals surface area contributed by atoms with Crippen LogP contribution in [-0.4, -0.2) is 22.0 Å². The molecule has 0 atom stereocenters.